The van der Waals surface area contributed by atoms with E-state index in [1.807, 2.05) is 0 Å². The van der Waals surface area contributed by atoms with Crippen molar-refractivity contribution in [2.75, 3.05) is 5.32 Å². The molecule has 3 rings (SSSR count). The highest BCUT2D eigenvalue weighted by molar-refractivity contribution is 7.17. The fourth-order valence-electron chi connectivity index (χ4n) is 2.89. The molecule has 6 heteroatoms. The van der Waals surface area contributed by atoms with E-state index < -0.39 is 12.1 Å². The summed E-state index contributed by atoms with van der Waals surface area (Å²) in [7, 11) is 0. The van der Waals surface area contributed by atoms with Crippen LogP contribution in [0.25, 0.3) is 0 Å². The molecule has 1 saturated carbocycles. The molecule has 1 heterocycles. The fourth-order valence-corrected chi connectivity index (χ4v) is 4.19. The summed E-state index contributed by atoms with van der Waals surface area (Å²) >= 11 is 1.44. The third kappa shape index (κ3) is 2.32. The summed E-state index contributed by atoms with van der Waals surface area (Å²) in [5.41, 5.74) is 6.93. The summed E-state index contributed by atoms with van der Waals surface area (Å²) in [5.74, 6) is -0.957. The van der Waals surface area contributed by atoms with E-state index in [0.29, 0.717) is 10.6 Å². The molecular formula is C14H17FN2O2S. The number of carbonyl (C=O) groups excluding carboxylic acids is 2. The van der Waals surface area contributed by atoms with Gasteiger partial charge in [-0.05, 0) is 44.1 Å². The number of rotatable bonds is 3. The number of nitrogens with two attached hydrogens (primary N) is 1. The zero-order chi connectivity index (χ0) is 14.3. The van der Waals surface area contributed by atoms with Crippen LogP contribution in [-0.4, -0.2) is 18.0 Å². The molecule has 2 aliphatic carbocycles. The second-order valence-corrected chi connectivity index (χ2v) is 6.64. The summed E-state index contributed by atoms with van der Waals surface area (Å²) in [6.07, 6.45) is 3.63. The molecule has 0 bridgehead atoms. The van der Waals surface area contributed by atoms with E-state index in [-0.39, 0.29) is 24.7 Å². The molecule has 0 spiro atoms. The van der Waals surface area contributed by atoms with E-state index in [4.69, 9.17) is 5.73 Å². The van der Waals surface area contributed by atoms with Crippen molar-refractivity contribution in [3.63, 3.8) is 0 Å². The number of primary amides is 1. The van der Waals surface area contributed by atoms with Gasteiger partial charge in [0, 0.05) is 10.8 Å². The van der Waals surface area contributed by atoms with Crippen LogP contribution in [0.4, 0.5) is 9.39 Å². The average Bonchev–Trinajstić information content (AvgIpc) is 2.72. The molecule has 1 aromatic rings. The third-order valence-corrected chi connectivity index (χ3v) is 5.31. The Hall–Kier alpha value is -1.43. The van der Waals surface area contributed by atoms with Crippen molar-refractivity contribution >= 4 is 28.2 Å². The lowest BCUT2D eigenvalue weighted by Crippen LogP contribution is -2.35. The number of fused-ring (bicyclic) bond motifs is 1. The first kappa shape index (κ1) is 13.5. The molecule has 1 fully saturated rings. The van der Waals surface area contributed by atoms with Crippen LogP contribution in [0.1, 0.15) is 46.5 Å². The molecule has 1 aromatic heterocycles. The number of aryl methyl sites for hydroxylation is 1. The average molecular weight is 296 g/mol. The normalized spacial score (nSPS) is 24.6. The molecule has 0 aromatic carbocycles. The Labute approximate surface area is 120 Å². The maximum atomic E-state index is 12.8. The molecule has 20 heavy (non-hydrogen) atoms. The Morgan fingerprint density at radius 2 is 1.95 bits per heavy atom. The summed E-state index contributed by atoms with van der Waals surface area (Å²) in [6.45, 7) is 0. The Kier molecular flexibility index (Phi) is 3.50. The van der Waals surface area contributed by atoms with Gasteiger partial charge >= 0.3 is 0 Å². The summed E-state index contributed by atoms with van der Waals surface area (Å²) < 4.78 is 12.8. The number of anilines is 1. The highest BCUT2D eigenvalue weighted by Crippen LogP contribution is 2.39. The lowest BCUT2D eigenvalue weighted by atomic mass is 9.83. The maximum absolute atomic E-state index is 12.8. The number of halogens is 1. The van der Waals surface area contributed by atoms with Crippen molar-refractivity contribution < 1.29 is 14.0 Å². The van der Waals surface area contributed by atoms with E-state index in [1.165, 1.54) is 11.3 Å². The van der Waals surface area contributed by atoms with Crippen LogP contribution in [0.2, 0.25) is 0 Å². The van der Waals surface area contributed by atoms with Gasteiger partial charge in [-0.15, -0.1) is 11.3 Å². The minimum atomic E-state index is -0.863. The van der Waals surface area contributed by atoms with Gasteiger partial charge in [-0.2, -0.15) is 0 Å². The van der Waals surface area contributed by atoms with Gasteiger partial charge in [0.25, 0.3) is 5.91 Å². The SMILES string of the molecule is NC(=O)c1c(NC(=O)C2CC(F)C2)sc2c1CCCC2. The fraction of sp³-hybridized carbons (Fsp3) is 0.571. The second kappa shape index (κ2) is 5.16. The molecule has 0 saturated heterocycles. The zero-order valence-corrected chi connectivity index (χ0v) is 11.9. The molecule has 0 atom stereocenters. The molecule has 0 aliphatic heterocycles. The highest BCUT2D eigenvalue weighted by atomic mass is 32.1. The van der Waals surface area contributed by atoms with Crippen molar-refractivity contribution in [3.05, 3.63) is 16.0 Å². The number of hydrogen-bond acceptors (Lipinski definition) is 3. The number of nitrogens with one attached hydrogen (secondary N) is 1. The van der Waals surface area contributed by atoms with Crippen molar-refractivity contribution in [1.82, 2.24) is 0 Å². The monoisotopic (exact) mass is 296 g/mol. The Morgan fingerprint density at radius 1 is 1.25 bits per heavy atom. The lowest BCUT2D eigenvalue weighted by molar-refractivity contribution is -0.124. The van der Waals surface area contributed by atoms with Gasteiger partial charge in [0.2, 0.25) is 5.91 Å². The molecule has 108 valence electrons. The lowest BCUT2D eigenvalue weighted by Gasteiger charge is -2.28. The summed E-state index contributed by atoms with van der Waals surface area (Å²) in [6, 6.07) is 0. The van der Waals surface area contributed by atoms with Crippen LogP contribution in [0.5, 0.6) is 0 Å². The Bertz CT molecular complexity index is 564. The predicted molar refractivity (Wildman–Crippen MR) is 75.7 cm³/mol. The largest absolute Gasteiger partial charge is 0.365 e. The van der Waals surface area contributed by atoms with E-state index in [2.05, 4.69) is 5.32 Å². The van der Waals surface area contributed by atoms with Crippen LogP contribution in [0.15, 0.2) is 0 Å². The summed E-state index contributed by atoms with van der Waals surface area (Å²) in [5, 5.41) is 3.34. The number of alkyl halides is 1. The first-order valence-electron chi connectivity index (χ1n) is 6.95. The Morgan fingerprint density at radius 3 is 2.60 bits per heavy atom. The van der Waals surface area contributed by atoms with E-state index in [9.17, 15) is 14.0 Å². The van der Waals surface area contributed by atoms with E-state index >= 15 is 0 Å². The number of thiophene rings is 1. The third-order valence-electron chi connectivity index (χ3n) is 4.11. The van der Waals surface area contributed by atoms with Gasteiger partial charge in [-0.25, -0.2) is 4.39 Å². The molecular weight excluding hydrogens is 279 g/mol. The maximum Gasteiger partial charge on any atom is 0.251 e. The standard InChI is InChI=1S/C14H17FN2O2S/c15-8-5-7(6-8)13(19)17-14-11(12(16)18)9-3-1-2-4-10(9)20-14/h7-8H,1-6H2,(H2,16,18)(H,17,19). The minimum absolute atomic E-state index is 0.194. The van der Waals surface area contributed by atoms with Gasteiger partial charge in [0.1, 0.15) is 11.2 Å². The van der Waals surface area contributed by atoms with Crippen LogP contribution < -0.4 is 11.1 Å². The Balaban J connectivity index is 1.83. The van der Waals surface area contributed by atoms with Crippen molar-refractivity contribution in [2.45, 2.75) is 44.7 Å². The van der Waals surface area contributed by atoms with Gasteiger partial charge in [0.15, 0.2) is 0 Å². The van der Waals surface area contributed by atoms with Crippen LogP contribution in [0.3, 0.4) is 0 Å². The summed E-state index contributed by atoms with van der Waals surface area (Å²) in [4.78, 5) is 24.8. The first-order chi connectivity index (χ1) is 9.56. The van der Waals surface area contributed by atoms with Crippen LogP contribution >= 0.6 is 11.3 Å². The van der Waals surface area contributed by atoms with Crippen molar-refractivity contribution in [3.8, 4) is 0 Å². The van der Waals surface area contributed by atoms with Gasteiger partial charge in [-0.3, -0.25) is 9.59 Å². The molecule has 2 aliphatic rings. The zero-order valence-electron chi connectivity index (χ0n) is 11.1. The van der Waals surface area contributed by atoms with Gasteiger partial charge in [0.05, 0.1) is 5.56 Å². The molecule has 4 nitrogen and oxygen atoms in total. The molecule has 0 unspecified atom stereocenters. The molecule has 2 amide bonds. The van der Waals surface area contributed by atoms with Crippen LogP contribution in [-0.2, 0) is 17.6 Å². The number of carbonyl (C=O) groups is 2. The highest BCUT2D eigenvalue weighted by Gasteiger charge is 2.35. The van der Waals surface area contributed by atoms with E-state index in [1.54, 1.807) is 0 Å². The first-order valence-corrected chi connectivity index (χ1v) is 7.77. The topological polar surface area (TPSA) is 72.2 Å². The molecule has 0 radical (unpaired) electrons. The second-order valence-electron chi connectivity index (χ2n) is 5.53. The minimum Gasteiger partial charge on any atom is -0.365 e. The van der Waals surface area contributed by atoms with Gasteiger partial charge in [-0.1, -0.05) is 0 Å². The predicted octanol–water partition coefficient (Wildman–Crippen LogP) is 2.41. The smallest absolute Gasteiger partial charge is 0.251 e. The van der Waals surface area contributed by atoms with Crippen LogP contribution in [0, 0.1) is 5.92 Å². The van der Waals surface area contributed by atoms with Crippen molar-refractivity contribution in [1.29, 1.82) is 0 Å². The van der Waals surface area contributed by atoms with E-state index in [0.717, 1.165) is 36.1 Å². The molecule has 3 N–H and O–H groups in total. The van der Waals surface area contributed by atoms with Crippen molar-refractivity contribution in [2.24, 2.45) is 11.7 Å². The number of hydrogen-bond donors (Lipinski definition) is 2. The quantitative estimate of drug-likeness (QED) is 0.899. The van der Waals surface area contributed by atoms with Gasteiger partial charge < -0.3 is 11.1 Å². The number of amides is 2.